The zero-order valence-corrected chi connectivity index (χ0v) is 18.0. The van der Waals surface area contributed by atoms with E-state index in [9.17, 15) is 0 Å². The van der Waals surface area contributed by atoms with E-state index in [4.69, 9.17) is 0 Å². The molecule has 0 spiro atoms. The van der Waals surface area contributed by atoms with Gasteiger partial charge in [0.05, 0.1) is 12.2 Å². The van der Waals surface area contributed by atoms with E-state index < -0.39 is 0 Å². The molecule has 6 nitrogen and oxygen atoms in total. The highest BCUT2D eigenvalue weighted by Crippen LogP contribution is 2.29. The number of hydrogen-bond acceptors (Lipinski definition) is 5. The Balaban J connectivity index is 1.72. The molecule has 0 aliphatic carbocycles. The van der Waals surface area contributed by atoms with Crippen molar-refractivity contribution in [3.63, 3.8) is 0 Å². The fourth-order valence-electron chi connectivity index (χ4n) is 3.04. The van der Waals surface area contributed by atoms with Crippen LogP contribution < -0.4 is 0 Å². The topological polar surface area (TPSA) is 61.4 Å². The van der Waals surface area contributed by atoms with Crippen LogP contribution in [0.3, 0.4) is 0 Å². The van der Waals surface area contributed by atoms with Gasteiger partial charge in [-0.05, 0) is 49.2 Å². The molecule has 0 unspecified atom stereocenters. The average molecular weight is 455 g/mol. The van der Waals surface area contributed by atoms with E-state index in [1.54, 1.807) is 24.4 Å². The third-order valence-corrected chi connectivity index (χ3v) is 5.66. The molecule has 2 heterocycles. The molecule has 0 saturated carbocycles. The van der Waals surface area contributed by atoms with E-state index in [1.807, 2.05) is 16.8 Å². The van der Waals surface area contributed by atoms with Gasteiger partial charge in [0, 0.05) is 15.8 Å². The summed E-state index contributed by atoms with van der Waals surface area (Å²) in [5, 5.41) is 14.0. The number of rotatable bonds is 6. The van der Waals surface area contributed by atoms with E-state index in [2.05, 4.69) is 85.0 Å². The lowest BCUT2D eigenvalue weighted by molar-refractivity contribution is 0.663. The fourth-order valence-corrected chi connectivity index (χ4v) is 4.19. The number of thioether (sulfide) groups is 1. The van der Waals surface area contributed by atoms with Crippen molar-refractivity contribution in [2.75, 3.05) is 5.75 Å². The summed E-state index contributed by atoms with van der Waals surface area (Å²) in [6.07, 6.45) is 3.27. The maximum absolute atomic E-state index is 4.51. The Morgan fingerprint density at radius 2 is 1.75 bits per heavy atom. The monoisotopic (exact) mass is 454 g/mol. The normalized spacial score (nSPS) is 11.1. The molecule has 0 radical (unpaired) electrons. The van der Waals surface area contributed by atoms with Crippen molar-refractivity contribution < 1.29 is 0 Å². The largest absolute Gasteiger partial charge is 0.270 e. The number of aryl methyl sites for hydroxylation is 3. The Morgan fingerprint density at radius 1 is 1.00 bits per heavy atom. The van der Waals surface area contributed by atoms with Gasteiger partial charge in [0.2, 0.25) is 0 Å². The van der Waals surface area contributed by atoms with Gasteiger partial charge in [-0.25, -0.2) is 4.98 Å². The maximum atomic E-state index is 4.51. The van der Waals surface area contributed by atoms with Gasteiger partial charge < -0.3 is 0 Å². The van der Waals surface area contributed by atoms with Crippen LogP contribution in [0.2, 0.25) is 0 Å². The van der Waals surface area contributed by atoms with Crippen molar-refractivity contribution >= 4 is 27.7 Å². The molecule has 0 bridgehead atoms. The highest BCUT2D eigenvalue weighted by atomic mass is 79.9. The van der Waals surface area contributed by atoms with Crippen molar-refractivity contribution in [1.82, 2.24) is 29.5 Å². The zero-order valence-electron chi connectivity index (χ0n) is 15.6. The molecule has 0 atom stereocenters. The first-order chi connectivity index (χ1) is 13.6. The Hall–Kier alpha value is -2.45. The zero-order chi connectivity index (χ0) is 19.5. The van der Waals surface area contributed by atoms with Crippen molar-refractivity contribution in [3.8, 4) is 17.1 Å². The Kier molecular flexibility index (Phi) is 5.59. The Labute approximate surface area is 176 Å². The Morgan fingerprint density at radius 3 is 2.43 bits per heavy atom. The third kappa shape index (κ3) is 4.18. The second-order valence-corrected chi connectivity index (χ2v) is 8.48. The maximum Gasteiger partial charge on any atom is 0.196 e. The molecule has 2 aromatic heterocycles. The van der Waals surface area contributed by atoms with E-state index in [1.165, 1.54) is 11.1 Å². The lowest BCUT2D eigenvalue weighted by Gasteiger charge is -2.12. The van der Waals surface area contributed by atoms with E-state index in [-0.39, 0.29) is 0 Å². The molecule has 0 saturated heterocycles. The molecule has 0 aliphatic heterocycles. The molecule has 0 amide bonds. The number of halogens is 1. The number of hydrogen-bond donors (Lipinski definition) is 0. The lowest BCUT2D eigenvalue weighted by atomic mass is 10.1. The smallest absolute Gasteiger partial charge is 0.196 e. The summed E-state index contributed by atoms with van der Waals surface area (Å²) in [4.78, 5) is 3.99. The Bertz CT molecular complexity index is 1050. The molecule has 28 heavy (non-hydrogen) atoms. The summed E-state index contributed by atoms with van der Waals surface area (Å²) in [5.74, 6) is 1.66. The SMILES string of the molecule is Cc1cc(C)cc(-n2c(SCCn3cncn3)nnc2-c2ccc(Br)cc2)c1. The third-order valence-electron chi connectivity index (χ3n) is 4.22. The van der Waals surface area contributed by atoms with Crippen molar-refractivity contribution in [1.29, 1.82) is 0 Å². The molecule has 8 heteroatoms. The van der Waals surface area contributed by atoms with Crippen LogP contribution in [0, 0.1) is 13.8 Å². The molecule has 142 valence electrons. The first kappa shape index (κ1) is 18.9. The summed E-state index contributed by atoms with van der Waals surface area (Å²) in [7, 11) is 0. The van der Waals surface area contributed by atoms with Gasteiger partial charge in [-0.2, -0.15) is 5.10 Å². The molecule has 0 N–H and O–H groups in total. The van der Waals surface area contributed by atoms with E-state index in [0.29, 0.717) is 0 Å². The van der Waals surface area contributed by atoms with Gasteiger partial charge in [-0.15, -0.1) is 10.2 Å². The number of aromatic nitrogens is 6. The summed E-state index contributed by atoms with van der Waals surface area (Å²) < 4.78 is 4.99. The van der Waals surface area contributed by atoms with E-state index in [0.717, 1.165) is 39.0 Å². The van der Waals surface area contributed by atoms with Crippen LogP contribution in [-0.4, -0.2) is 35.3 Å². The number of benzene rings is 2. The highest BCUT2D eigenvalue weighted by molar-refractivity contribution is 9.10. The van der Waals surface area contributed by atoms with Gasteiger partial charge in [-0.3, -0.25) is 9.25 Å². The quantitative estimate of drug-likeness (QED) is 0.395. The molecule has 2 aromatic carbocycles. The van der Waals surface area contributed by atoms with Crippen LogP contribution in [0.5, 0.6) is 0 Å². The van der Waals surface area contributed by atoms with Crippen LogP contribution in [-0.2, 0) is 6.54 Å². The van der Waals surface area contributed by atoms with Gasteiger partial charge in [0.1, 0.15) is 12.7 Å². The van der Waals surface area contributed by atoms with Gasteiger partial charge >= 0.3 is 0 Å². The minimum absolute atomic E-state index is 0.762. The highest BCUT2D eigenvalue weighted by Gasteiger charge is 2.16. The van der Waals surface area contributed by atoms with Crippen LogP contribution >= 0.6 is 27.7 Å². The second-order valence-electron chi connectivity index (χ2n) is 6.50. The first-order valence-corrected chi connectivity index (χ1v) is 10.6. The van der Waals surface area contributed by atoms with Gasteiger partial charge in [0.15, 0.2) is 11.0 Å². The minimum Gasteiger partial charge on any atom is -0.270 e. The standard InChI is InChI=1S/C20H19BrN6S/c1-14-9-15(2)11-18(10-14)27-19(16-3-5-17(21)6-4-16)24-25-20(27)28-8-7-26-13-22-12-23-26/h3-6,9-13H,7-8H2,1-2H3. The number of nitrogens with zero attached hydrogens (tertiary/aromatic N) is 6. The predicted octanol–water partition coefficient (Wildman–Crippen LogP) is 4.70. The van der Waals surface area contributed by atoms with Crippen LogP contribution in [0.15, 0.2) is 64.7 Å². The molecule has 0 aliphatic rings. The van der Waals surface area contributed by atoms with Crippen LogP contribution in [0.1, 0.15) is 11.1 Å². The summed E-state index contributed by atoms with van der Waals surface area (Å²) in [6.45, 7) is 4.98. The minimum atomic E-state index is 0.762. The molecule has 4 rings (SSSR count). The van der Waals surface area contributed by atoms with Crippen molar-refractivity contribution in [2.45, 2.75) is 25.5 Å². The van der Waals surface area contributed by atoms with Crippen molar-refractivity contribution in [3.05, 3.63) is 70.7 Å². The second kappa shape index (κ2) is 8.28. The van der Waals surface area contributed by atoms with Crippen molar-refractivity contribution in [2.24, 2.45) is 0 Å². The summed E-state index contributed by atoms with van der Waals surface area (Å²) in [6, 6.07) is 14.7. The molecule has 4 aromatic rings. The lowest BCUT2D eigenvalue weighted by Crippen LogP contribution is -2.04. The average Bonchev–Trinajstić information content (AvgIpc) is 3.31. The van der Waals surface area contributed by atoms with Crippen LogP contribution in [0.25, 0.3) is 17.1 Å². The fraction of sp³-hybridized carbons (Fsp3) is 0.200. The van der Waals surface area contributed by atoms with Gasteiger partial charge in [0.25, 0.3) is 0 Å². The van der Waals surface area contributed by atoms with Gasteiger partial charge in [-0.1, -0.05) is 45.9 Å². The van der Waals surface area contributed by atoms with E-state index >= 15 is 0 Å². The summed E-state index contributed by atoms with van der Waals surface area (Å²) in [5.41, 5.74) is 4.52. The first-order valence-electron chi connectivity index (χ1n) is 8.85. The predicted molar refractivity (Wildman–Crippen MR) is 115 cm³/mol. The summed E-state index contributed by atoms with van der Waals surface area (Å²) >= 11 is 5.16. The molecular formula is C20H19BrN6S. The van der Waals surface area contributed by atoms with Crippen LogP contribution in [0.4, 0.5) is 0 Å². The molecule has 0 fully saturated rings. The molecular weight excluding hydrogens is 436 g/mol.